The van der Waals surface area contributed by atoms with E-state index in [0.29, 0.717) is 0 Å². The van der Waals surface area contributed by atoms with Crippen LogP contribution in [0.1, 0.15) is 48.2 Å². The summed E-state index contributed by atoms with van der Waals surface area (Å²) in [5.74, 6) is -0.306. The van der Waals surface area contributed by atoms with Gasteiger partial charge in [0.1, 0.15) is 0 Å². The lowest BCUT2D eigenvalue weighted by molar-refractivity contribution is -0.125. The molecule has 0 aliphatic rings. The quantitative estimate of drug-likeness (QED) is 0.882. The van der Waals surface area contributed by atoms with Crippen molar-refractivity contribution in [2.45, 2.75) is 39.8 Å². The molecule has 0 saturated heterocycles. The normalized spacial score (nSPS) is 14.8. The maximum absolute atomic E-state index is 12.5. The van der Waals surface area contributed by atoms with Gasteiger partial charge in [-0.05, 0) is 37.5 Å². The first-order valence-corrected chi connectivity index (χ1v) is 8.08. The molecule has 0 saturated carbocycles. The summed E-state index contributed by atoms with van der Waals surface area (Å²) in [6.07, 6.45) is 0. The molecule has 0 spiro atoms. The fourth-order valence-corrected chi connectivity index (χ4v) is 2.86. The highest BCUT2D eigenvalue weighted by atomic mass is 16.1. The first-order chi connectivity index (χ1) is 10.9. The van der Waals surface area contributed by atoms with Crippen LogP contribution in [0.15, 0.2) is 48.5 Å². The maximum Gasteiger partial charge on any atom is 0.225 e. The van der Waals surface area contributed by atoms with Gasteiger partial charge in [-0.25, -0.2) is 0 Å². The monoisotopic (exact) mass is 310 g/mol. The van der Waals surface area contributed by atoms with Crippen molar-refractivity contribution in [2.75, 3.05) is 0 Å². The molecular formula is C20H26N2O. The minimum absolute atomic E-state index is 0.0196. The fraction of sp³-hybridized carbons (Fsp3) is 0.350. The van der Waals surface area contributed by atoms with E-state index in [4.69, 9.17) is 5.73 Å². The van der Waals surface area contributed by atoms with Gasteiger partial charge in [-0.1, -0.05) is 61.0 Å². The highest BCUT2D eigenvalue weighted by Gasteiger charge is 2.23. The third-order valence-corrected chi connectivity index (χ3v) is 4.39. The van der Waals surface area contributed by atoms with E-state index in [1.165, 1.54) is 11.1 Å². The molecule has 0 radical (unpaired) electrons. The number of carbonyl (C=O) groups is 1. The van der Waals surface area contributed by atoms with Crippen molar-refractivity contribution < 1.29 is 4.79 Å². The van der Waals surface area contributed by atoms with Gasteiger partial charge in [-0.15, -0.1) is 0 Å². The zero-order valence-corrected chi connectivity index (χ0v) is 14.3. The van der Waals surface area contributed by atoms with Crippen LogP contribution in [0.25, 0.3) is 0 Å². The summed E-state index contributed by atoms with van der Waals surface area (Å²) in [5.41, 5.74) is 10.8. The van der Waals surface area contributed by atoms with Crippen LogP contribution in [-0.2, 0) is 4.79 Å². The minimum Gasteiger partial charge on any atom is -0.349 e. The Balaban J connectivity index is 2.05. The molecule has 0 bridgehead atoms. The first kappa shape index (κ1) is 17.2. The van der Waals surface area contributed by atoms with Crippen molar-refractivity contribution in [3.05, 3.63) is 70.8 Å². The molecular weight excluding hydrogens is 284 g/mol. The van der Waals surface area contributed by atoms with Crippen molar-refractivity contribution in [2.24, 2.45) is 11.7 Å². The maximum atomic E-state index is 12.5. The van der Waals surface area contributed by atoms with Crippen LogP contribution in [0, 0.1) is 19.8 Å². The molecule has 0 heterocycles. The van der Waals surface area contributed by atoms with Gasteiger partial charge in [-0.2, -0.15) is 0 Å². The van der Waals surface area contributed by atoms with Crippen LogP contribution >= 0.6 is 0 Å². The lowest BCUT2D eigenvalue weighted by atomic mass is 9.93. The third-order valence-electron chi connectivity index (χ3n) is 4.39. The number of aryl methyl sites for hydroxylation is 2. The third kappa shape index (κ3) is 4.20. The number of hydrogen-bond acceptors (Lipinski definition) is 2. The van der Waals surface area contributed by atoms with E-state index in [2.05, 4.69) is 37.4 Å². The largest absolute Gasteiger partial charge is 0.349 e. The van der Waals surface area contributed by atoms with Crippen LogP contribution in [0.3, 0.4) is 0 Å². The summed E-state index contributed by atoms with van der Waals surface area (Å²) in [6, 6.07) is 15.7. The molecule has 0 aromatic heterocycles. The van der Waals surface area contributed by atoms with Gasteiger partial charge < -0.3 is 11.1 Å². The summed E-state index contributed by atoms with van der Waals surface area (Å²) < 4.78 is 0. The number of amides is 1. The Morgan fingerprint density at radius 1 is 1.04 bits per heavy atom. The topological polar surface area (TPSA) is 55.1 Å². The van der Waals surface area contributed by atoms with Crippen molar-refractivity contribution in [1.29, 1.82) is 0 Å². The van der Waals surface area contributed by atoms with Crippen LogP contribution in [-0.4, -0.2) is 5.91 Å². The first-order valence-electron chi connectivity index (χ1n) is 8.08. The SMILES string of the molecule is Cc1ccc(C(C)NC(=O)C(C)C(N)c2ccccc2)c(C)c1. The van der Waals surface area contributed by atoms with Crippen molar-refractivity contribution >= 4 is 5.91 Å². The smallest absolute Gasteiger partial charge is 0.225 e. The number of carbonyl (C=O) groups excluding carboxylic acids is 1. The number of benzene rings is 2. The molecule has 0 fully saturated rings. The van der Waals surface area contributed by atoms with E-state index in [0.717, 1.165) is 11.1 Å². The summed E-state index contributed by atoms with van der Waals surface area (Å²) in [6.45, 7) is 8.03. The molecule has 2 aromatic carbocycles. The fourth-order valence-electron chi connectivity index (χ4n) is 2.86. The molecule has 3 unspecified atom stereocenters. The van der Waals surface area contributed by atoms with E-state index < -0.39 is 0 Å². The Kier molecular flexibility index (Phi) is 5.56. The molecule has 3 nitrogen and oxygen atoms in total. The van der Waals surface area contributed by atoms with Gasteiger partial charge in [0.2, 0.25) is 5.91 Å². The van der Waals surface area contributed by atoms with E-state index in [-0.39, 0.29) is 23.9 Å². The highest BCUT2D eigenvalue weighted by Crippen LogP contribution is 2.22. The Hall–Kier alpha value is -2.13. The Bertz CT molecular complexity index is 667. The number of nitrogens with two attached hydrogens (primary N) is 1. The molecule has 3 atom stereocenters. The molecule has 3 N–H and O–H groups in total. The van der Waals surface area contributed by atoms with Crippen LogP contribution < -0.4 is 11.1 Å². The van der Waals surface area contributed by atoms with Crippen molar-refractivity contribution in [3.63, 3.8) is 0 Å². The standard InChI is InChI=1S/C20H26N2O/c1-13-10-11-18(14(2)12-13)16(4)22-20(23)15(3)19(21)17-8-6-5-7-9-17/h5-12,15-16,19H,21H2,1-4H3,(H,22,23). The Labute approximate surface area is 138 Å². The average Bonchev–Trinajstić information content (AvgIpc) is 2.54. The molecule has 3 heteroatoms. The van der Waals surface area contributed by atoms with Gasteiger partial charge in [0, 0.05) is 6.04 Å². The lowest BCUT2D eigenvalue weighted by Crippen LogP contribution is -2.37. The minimum atomic E-state index is -0.303. The van der Waals surface area contributed by atoms with Gasteiger partial charge in [0.15, 0.2) is 0 Å². The summed E-state index contributed by atoms with van der Waals surface area (Å²) in [5, 5.41) is 3.09. The highest BCUT2D eigenvalue weighted by molar-refractivity contribution is 5.79. The second-order valence-electron chi connectivity index (χ2n) is 6.32. The molecule has 23 heavy (non-hydrogen) atoms. The van der Waals surface area contributed by atoms with Gasteiger partial charge in [0.05, 0.1) is 12.0 Å². The van der Waals surface area contributed by atoms with Crippen LogP contribution in [0.4, 0.5) is 0 Å². The van der Waals surface area contributed by atoms with Crippen LogP contribution in [0.2, 0.25) is 0 Å². The Morgan fingerprint density at radius 2 is 1.70 bits per heavy atom. The van der Waals surface area contributed by atoms with Gasteiger partial charge >= 0.3 is 0 Å². The molecule has 2 aromatic rings. The second kappa shape index (κ2) is 7.42. The molecule has 2 rings (SSSR count). The number of nitrogens with one attached hydrogen (secondary N) is 1. The van der Waals surface area contributed by atoms with E-state index in [1.807, 2.05) is 44.2 Å². The van der Waals surface area contributed by atoms with Gasteiger partial charge in [-0.3, -0.25) is 4.79 Å². The Morgan fingerprint density at radius 3 is 2.30 bits per heavy atom. The number of hydrogen-bond donors (Lipinski definition) is 2. The molecule has 0 aliphatic carbocycles. The van der Waals surface area contributed by atoms with Crippen LogP contribution in [0.5, 0.6) is 0 Å². The summed E-state index contributed by atoms with van der Waals surface area (Å²) in [4.78, 5) is 12.5. The van der Waals surface area contributed by atoms with Crippen molar-refractivity contribution in [3.8, 4) is 0 Å². The predicted molar refractivity (Wildman–Crippen MR) is 95.0 cm³/mol. The predicted octanol–water partition coefficient (Wildman–Crippen LogP) is 3.82. The summed E-state index contributed by atoms with van der Waals surface area (Å²) >= 11 is 0. The second-order valence-corrected chi connectivity index (χ2v) is 6.32. The zero-order chi connectivity index (χ0) is 17.0. The zero-order valence-electron chi connectivity index (χ0n) is 14.3. The average molecular weight is 310 g/mol. The van der Waals surface area contributed by atoms with E-state index >= 15 is 0 Å². The van der Waals surface area contributed by atoms with Gasteiger partial charge in [0.25, 0.3) is 0 Å². The van der Waals surface area contributed by atoms with E-state index in [9.17, 15) is 4.79 Å². The summed E-state index contributed by atoms with van der Waals surface area (Å²) in [7, 11) is 0. The molecule has 122 valence electrons. The molecule has 0 aliphatic heterocycles. The van der Waals surface area contributed by atoms with Crippen molar-refractivity contribution in [1.82, 2.24) is 5.32 Å². The van der Waals surface area contributed by atoms with E-state index in [1.54, 1.807) is 0 Å². The number of rotatable bonds is 5. The molecule has 1 amide bonds. The lowest BCUT2D eigenvalue weighted by Gasteiger charge is -2.23.